The molecule has 0 aliphatic heterocycles. The number of rotatable bonds is 8. The molecule has 4 nitrogen and oxygen atoms in total. The van der Waals surface area contributed by atoms with Gasteiger partial charge in [0.1, 0.15) is 0 Å². The molecule has 0 bridgehead atoms. The second kappa shape index (κ2) is 7.45. The fraction of sp³-hybridized carbons (Fsp3) is 0.571. The number of nitrogens with one attached hydrogen (secondary N) is 1. The number of benzene rings is 1. The van der Waals surface area contributed by atoms with Crippen molar-refractivity contribution in [2.75, 3.05) is 18.6 Å². The maximum Gasteiger partial charge on any atom is 0.240 e. The summed E-state index contributed by atoms with van der Waals surface area (Å²) in [7, 11) is -3.56. The van der Waals surface area contributed by atoms with Gasteiger partial charge in [0.05, 0.1) is 10.5 Å². The first kappa shape index (κ1) is 17.5. The molecule has 2 N–H and O–H groups in total. The van der Waals surface area contributed by atoms with Gasteiger partial charge in [-0.2, -0.15) is 11.8 Å². The van der Waals surface area contributed by atoms with Crippen molar-refractivity contribution in [3.05, 3.63) is 29.8 Å². The summed E-state index contributed by atoms with van der Waals surface area (Å²) in [6.45, 7) is 3.71. The molecule has 1 aromatic carbocycles. The van der Waals surface area contributed by atoms with Crippen LogP contribution >= 0.6 is 11.8 Å². The van der Waals surface area contributed by atoms with Crippen LogP contribution in [0.1, 0.15) is 25.8 Å². The Hall–Kier alpha value is -0.560. The van der Waals surface area contributed by atoms with Crippen molar-refractivity contribution in [3.8, 4) is 0 Å². The van der Waals surface area contributed by atoms with Crippen LogP contribution in [0.15, 0.2) is 29.2 Å². The monoisotopic (exact) mass is 317 g/mol. The minimum absolute atomic E-state index is 0.00683. The summed E-state index contributed by atoms with van der Waals surface area (Å²) >= 11 is 1.48. The fourth-order valence-electron chi connectivity index (χ4n) is 1.82. The minimum Gasteiger partial charge on any atom is -0.388 e. The van der Waals surface area contributed by atoms with Gasteiger partial charge in [-0.3, -0.25) is 0 Å². The highest BCUT2D eigenvalue weighted by molar-refractivity contribution is 7.98. The zero-order valence-electron chi connectivity index (χ0n) is 12.2. The number of aryl methyl sites for hydroxylation is 1. The molecule has 1 aromatic rings. The van der Waals surface area contributed by atoms with Gasteiger partial charge in [0.2, 0.25) is 10.0 Å². The SMILES string of the molecule is CCCc1ccc(S(=O)(=O)NCC(C)(O)CSC)cc1. The molecule has 0 aliphatic carbocycles. The summed E-state index contributed by atoms with van der Waals surface area (Å²) in [5, 5.41) is 9.99. The maximum atomic E-state index is 12.1. The average Bonchev–Trinajstić information content (AvgIpc) is 2.38. The van der Waals surface area contributed by atoms with Gasteiger partial charge in [-0.1, -0.05) is 25.5 Å². The first-order valence-electron chi connectivity index (χ1n) is 6.60. The Balaban J connectivity index is 2.73. The van der Waals surface area contributed by atoms with Crippen molar-refractivity contribution in [3.63, 3.8) is 0 Å². The van der Waals surface area contributed by atoms with Crippen LogP contribution in [-0.2, 0) is 16.4 Å². The molecule has 6 heteroatoms. The standard InChI is InChI=1S/C14H23NO3S2/c1-4-5-12-6-8-13(9-7-12)20(17,18)15-10-14(2,16)11-19-3/h6-9,15-16H,4-5,10-11H2,1-3H3. The van der Waals surface area contributed by atoms with E-state index in [9.17, 15) is 13.5 Å². The van der Waals surface area contributed by atoms with Crippen molar-refractivity contribution in [2.24, 2.45) is 0 Å². The second-order valence-electron chi connectivity index (χ2n) is 5.15. The third-order valence-corrected chi connectivity index (χ3v) is 5.20. The Morgan fingerprint density at radius 3 is 2.40 bits per heavy atom. The summed E-state index contributed by atoms with van der Waals surface area (Å²) in [6.07, 6.45) is 3.84. The van der Waals surface area contributed by atoms with Crippen LogP contribution in [0.25, 0.3) is 0 Å². The van der Waals surface area contributed by atoms with Gasteiger partial charge in [0.15, 0.2) is 0 Å². The molecular formula is C14H23NO3S2. The predicted molar refractivity (Wildman–Crippen MR) is 84.6 cm³/mol. The van der Waals surface area contributed by atoms with Crippen LogP contribution in [0.3, 0.4) is 0 Å². The third kappa shape index (κ3) is 5.44. The van der Waals surface area contributed by atoms with Crippen molar-refractivity contribution < 1.29 is 13.5 Å². The van der Waals surface area contributed by atoms with Crippen LogP contribution in [0.2, 0.25) is 0 Å². The lowest BCUT2D eigenvalue weighted by Crippen LogP contribution is -2.42. The Morgan fingerprint density at radius 2 is 1.90 bits per heavy atom. The molecule has 1 atom stereocenters. The van der Waals surface area contributed by atoms with Crippen LogP contribution in [0.5, 0.6) is 0 Å². The number of hydrogen-bond acceptors (Lipinski definition) is 4. The molecule has 0 aromatic heterocycles. The Labute approximate surface area is 126 Å². The van der Waals surface area contributed by atoms with E-state index in [1.54, 1.807) is 19.1 Å². The van der Waals surface area contributed by atoms with Crippen LogP contribution in [-0.4, -0.2) is 37.7 Å². The lowest BCUT2D eigenvalue weighted by molar-refractivity contribution is 0.0908. The van der Waals surface area contributed by atoms with E-state index in [0.717, 1.165) is 18.4 Å². The summed E-state index contributed by atoms with van der Waals surface area (Å²) in [5.41, 5.74) is 0.0788. The number of hydrogen-bond donors (Lipinski definition) is 2. The second-order valence-corrected chi connectivity index (χ2v) is 7.78. The molecule has 0 heterocycles. The number of aliphatic hydroxyl groups is 1. The van der Waals surface area contributed by atoms with Crippen LogP contribution in [0, 0.1) is 0 Å². The van der Waals surface area contributed by atoms with E-state index in [4.69, 9.17) is 0 Å². The van der Waals surface area contributed by atoms with Crippen molar-refractivity contribution in [1.82, 2.24) is 4.72 Å². The average molecular weight is 317 g/mol. The van der Waals surface area contributed by atoms with Crippen LogP contribution in [0.4, 0.5) is 0 Å². The highest BCUT2D eigenvalue weighted by atomic mass is 32.2. The highest BCUT2D eigenvalue weighted by Gasteiger charge is 2.23. The molecule has 0 saturated carbocycles. The molecule has 114 valence electrons. The first-order chi connectivity index (χ1) is 9.30. The predicted octanol–water partition coefficient (Wildman–Crippen LogP) is 2.03. The van der Waals surface area contributed by atoms with Gasteiger partial charge in [0, 0.05) is 12.3 Å². The number of sulfonamides is 1. The Kier molecular flexibility index (Phi) is 6.51. The van der Waals surface area contributed by atoms with E-state index in [1.165, 1.54) is 11.8 Å². The first-order valence-corrected chi connectivity index (χ1v) is 9.48. The van der Waals surface area contributed by atoms with E-state index < -0.39 is 15.6 Å². The van der Waals surface area contributed by atoms with Gasteiger partial charge in [-0.25, -0.2) is 13.1 Å². The van der Waals surface area contributed by atoms with Gasteiger partial charge in [0.25, 0.3) is 0 Å². The lowest BCUT2D eigenvalue weighted by Gasteiger charge is -2.22. The van der Waals surface area contributed by atoms with E-state index in [-0.39, 0.29) is 11.4 Å². The molecule has 1 unspecified atom stereocenters. The largest absolute Gasteiger partial charge is 0.388 e. The molecule has 0 amide bonds. The molecule has 0 spiro atoms. The molecule has 0 aliphatic rings. The Bertz CT molecular complexity index is 510. The molecule has 0 saturated heterocycles. The molecular weight excluding hydrogens is 294 g/mol. The summed E-state index contributed by atoms with van der Waals surface area (Å²) in [4.78, 5) is 0.234. The summed E-state index contributed by atoms with van der Waals surface area (Å²) < 4.78 is 26.7. The normalized spacial score (nSPS) is 15.0. The molecule has 0 radical (unpaired) electrons. The lowest BCUT2D eigenvalue weighted by atomic mass is 10.1. The maximum absolute atomic E-state index is 12.1. The summed E-state index contributed by atoms with van der Waals surface area (Å²) in [5.74, 6) is 0.477. The molecule has 1 rings (SSSR count). The highest BCUT2D eigenvalue weighted by Crippen LogP contribution is 2.14. The Morgan fingerprint density at radius 1 is 1.30 bits per heavy atom. The van der Waals surface area contributed by atoms with E-state index in [0.29, 0.717) is 5.75 Å². The van der Waals surface area contributed by atoms with E-state index in [1.807, 2.05) is 18.4 Å². The van der Waals surface area contributed by atoms with Gasteiger partial charge in [-0.15, -0.1) is 0 Å². The van der Waals surface area contributed by atoms with Crippen molar-refractivity contribution in [2.45, 2.75) is 37.2 Å². The van der Waals surface area contributed by atoms with Crippen molar-refractivity contribution >= 4 is 21.8 Å². The third-order valence-electron chi connectivity index (χ3n) is 2.87. The van der Waals surface area contributed by atoms with E-state index in [2.05, 4.69) is 11.6 Å². The quantitative estimate of drug-likeness (QED) is 0.770. The minimum atomic E-state index is -3.56. The smallest absolute Gasteiger partial charge is 0.240 e. The van der Waals surface area contributed by atoms with E-state index >= 15 is 0 Å². The van der Waals surface area contributed by atoms with Gasteiger partial charge >= 0.3 is 0 Å². The summed E-state index contributed by atoms with van der Waals surface area (Å²) in [6, 6.07) is 6.88. The fourth-order valence-corrected chi connectivity index (χ4v) is 3.71. The van der Waals surface area contributed by atoms with Gasteiger partial charge < -0.3 is 5.11 Å². The topological polar surface area (TPSA) is 66.4 Å². The van der Waals surface area contributed by atoms with Gasteiger partial charge in [-0.05, 0) is 37.3 Å². The van der Waals surface area contributed by atoms with Crippen LogP contribution < -0.4 is 4.72 Å². The number of thioether (sulfide) groups is 1. The zero-order valence-corrected chi connectivity index (χ0v) is 13.9. The zero-order chi connectivity index (χ0) is 15.2. The molecule has 0 fully saturated rings. The van der Waals surface area contributed by atoms with Crippen molar-refractivity contribution in [1.29, 1.82) is 0 Å². The molecule has 20 heavy (non-hydrogen) atoms.